The smallest absolute Gasteiger partial charge is 0.237 e. The fourth-order valence-corrected chi connectivity index (χ4v) is 3.84. The summed E-state index contributed by atoms with van der Waals surface area (Å²) >= 11 is 1.25. The Kier molecular flexibility index (Phi) is 7.22. The van der Waals surface area contributed by atoms with Crippen LogP contribution in [0.4, 0.5) is 5.69 Å². The van der Waals surface area contributed by atoms with Gasteiger partial charge in [0.15, 0.2) is 5.82 Å². The lowest BCUT2D eigenvalue weighted by Crippen LogP contribution is -2.24. The highest BCUT2D eigenvalue weighted by molar-refractivity contribution is 8.00. The van der Waals surface area contributed by atoms with Crippen LogP contribution in [0.1, 0.15) is 49.2 Å². The molecule has 1 aromatic heterocycles. The first-order valence-electron chi connectivity index (χ1n) is 10.2. The number of nitrogens with one attached hydrogen (secondary N) is 1. The van der Waals surface area contributed by atoms with Gasteiger partial charge in [0.2, 0.25) is 11.1 Å². The van der Waals surface area contributed by atoms with Crippen LogP contribution in [0.3, 0.4) is 0 Å². The van der Waals surface area contributed by atoms with Crippen LogP contribution in [0, 0.1) is 13.8 Å². The molecule has 164 valence electrons. The second kappa shape index (κ2) is 9.87. The first-order valence-corrected chi connectivity index (χ1v) is 11.1. The predicted octanol–water partition coefficient (Wildman–Crippen LogP) is 4.43. The fraction of sp³-hybridized carbons (Fsp3) is 0.348. The highest BCUT2D eigenvalue weighted by Gasteiger charge is 2.20. The molecule has 3 aromatic rings. The van der Waals surface area contributed by atoms with Gasteiger partial charge in [-0.1, -0.05) is 49.9 Å². The number of nitrogen functional groups attached to an aromatic ring is 1. The molecule has 0 bridgehead atoms. The van der Waals surface area contributed by atoms with Crippen molar-refractivity contribution in [3.8, 4) is 5.75 Å². The molecule has 3 N–H and O–H groups in total. The Morgan fingerprint density at radius 2 is 1.87 bits per heavy atom. The molecule has 0 spiro atoms. The van der Waals surface area contributed by atoms with Crippen molar-refractivity contribution in [2.75, 3.05) is 11.2 Å². The number of aryl methyl sites for hydroxylation is 2. The summed E-state index contributed by atoms with van der Waals surface area (Å²) < 4.78 is 7.39. The molecule has 1 atom stereocenters. The fourth-order valence-electron chi connectivity index (χ4n) is 3.05. The Morgan fingerprint density at radius 3 is 2.58 bits per heavy atom. The predicted molar refractivity (Wildman–Crippen MR) is 125 cm³/mol. The molecule has 0 aliphatic heterocycles. The van der Waals surface area contributed by atoms with Crippen LogP contribution >= 0.6 is 11.8 Å². The van der Waals surface area contributed by atoms with Gasteiger partial charge in [-0.05, 0) is 61.6 Å². The van der Waals surface area contributed by atoms with Crippen LogP contribution in [-0.2, 0) is 11.4 Å². The van der Waals surface area contributed by atoms with E-state index in [1.54, 1.807) is 0 Å². The largest absolute Gasteiger partial charge is 0.485 e. The average Bonchev–Trinajstić information content (AvgIpc) is 3.05. The SMILES string of the molecule is Cc1cccc(NC(=O)C(C)Sc2nnc(COc3cc(C)ccc3C(C)C)n2N)c1. The normalized spacial score (nSPS) is 12.1. The van der Waals surface area contributed by atoms with Crippen molar-refractivity contribution < 1.29 is 9.53 Å². The topological polar surface area (TPSA) is 95.1 Å². The van der Waals surface area contributed by atoms with Crippen LogP contribution in [0.2, 0.25) is 0 Å². The first-order chi connectivity index (χ1) is 14.7. The van der Waals surface area contributed by atoms with Gasteiger partial charge < -0.3 is 15.9 Å². The number of amides is 1. The molecule has 1 heterocycles. The number of anilines is 1. The Hall–Kier alpha value is -3.00. The van der Waals surface area contributed by atoms with Crippen LogP contribution in [-0.4, -0.2) is 26.0 Å². The van der Waals surface area contributed by atoms with Crippen molar-refractivity contribution in [3.05, 3.63) is 65.0 Å². The van der Waals surface area contributed by atoms with E-state index >= 15 is 0 Å². The molecule has 3 rings (SSSR count). The number of thioether (sulfide) groups is 1. The minimum atomic E-state index is -0.398. The van der Waals surface area contributed by atoms with Crippen LogP contribution in [0.15, 0.2) is 47.6 Å². The minimum Gasteiger partial charge on any atom is -0.485 e. The molecular formula is C23H29N5O2S. The first kappa shape index (κ1) is 22.7. The number of aromatic nitrogens is 3. The van der Waals surface area contributed by atoms with E-state index in [1.165, 1.54) is 16.4 Å². The van der Waals surface area contributed by atoms with E-state index in [2.05, 4.69) is 41.5 Å². The standard InChI is InChI=1S/C23H29N5O2S/c1-14(2)19-10-9-16(4)12-20(19)30-13-21-26-27-23(28(21)24)31-17(5)22(29)25-18-8-6-7-15(3)11-18/h6-12,14,17H,13,24H2,1-5H3,(H,25,29). The molecule has 0 radical (unpaired) electrons. The average molecular weight is 440 g/mol. The van der Waals surface area contributed by atoms with Gasteiger partial charge in [0.05, 0.1) is 5.25 Å². The van der Waals surface area contributed by atoms with E-state index in [-0.39, 0.29) is 12.5 Å². The minimum absolute atomic E-state index is 0.127. The van der Waals surface area contributed by atoms with E-state index in [9.17, 15) is 4.79 Å². The van der Waals surface area contributed by atoms with Gasteiger partial charge in [0, 0.05) is 5.69 Å². The number of carbonyl (C=O) groups excluding carboxylic acids is 1. The number of ether oxygens (including phenoxy) is 1. The maximum atomic E-state index is 12.5. The molecular weight excluding hydrogens is 410 g/mol. The van der Waals surface area contributed by atoms with Gasteiger partial charge in [0.1, 0.15) is 12.4 Å². The molecule has 31 heavy (non-hydrogen) atoms. The molecule has 7 nitrogen and oxygen atoms in total. The maximum Gasteiger partial charge on any atom is 0.237 e. The van der Waals surface area contributed by atoms with E-state index in [0.29, 0.717) is 16.9 Å². The van der Waals surface area contributed by atoms with Crippen LogP contribution in [0.5, 0.6) is 5.75 Å². The quantitative estimate of drug-likeness (QED) is 0.398. The van der Waals surface area contributed by atoms with Crippen LogP contribution in [0.25, 0.3) is 0 Å². The molecule has 0 saturated heterocycles. The lowest BCUT2D eigenvalue weighted by molar-refractivity contribution is -0.115. The number of nitrogens with two attached hydrogens (primary N) is 1. The summed E-state index contributed by atoms with van der Waals surface area (Å²) in [6.07, 6.45) is 0. The zero-order valence-corrected chi connectivity index (χ0v) is 19.4. The van der Waals surface area contributed by atoms with Gasteiger partial charge >= 0.3 is 0 Å². The molecule has 1 unspecified atom stereocenters. The summed E-state index contributed by atoms with van der Waals surface area (Å²) in [5, 5.41) is 11.3. The van der Waals surface area contributed by atoms with Crippen molar-refractivity contribution in [2.45, 2.75) is 57.5 Å². The molecule has 8 heteroatoms. The number of hydrogen-bond donors (Lipinski definition) is 2. The summed E-state index contributed by atoms with van der Waals surface area (Å²) in [6.45, 7) is 10.3. The summed E-state index contributed by atoms with van der Waals surface area (Å²) in [5.74, 6) is 7.69. The van der Waals surface area contributed by atoms with Crippen molar-refractivity contribution in [3.63, 3.8) is 0 Å². The lowest BCUT2D eigenvalue weighted by Gasteiger charge is -2.15. The second-order valence-corrected chi connectivity index (χ2v) is 9.18. The van der Waals surface area contributed by atoms with Crippen molar-refractivity contribution in [2.24, 2.45) is 0 Å². The maximum absolute atomic E-state index is 12.5. The van der Waals surface area contributed by atoms with Crippen LogP contribution < -0.4 is 15.9 Å². The molecule has 0 aliphatic rings. The molecule has 2 aromatic carbocycles. The number of hydrogen-bond acceptors (Lipinski definition) is 6. The molecule has 0 fully saturated rings. The van der Waals surface area contributed by atoms with Gasteiger partial charge in [-0.3, -0.25) is 4.79 Å². The van der Waals surface area contributed by atoms with E-state index in [4.69, 9.17) is 10.6 Å². The highest BCUT2D eigenvalue weighted by atomic mass is 32.2. The summed E-state index contributed by atoms with van der Waals surface area (Å²) in [4.78, 5) is 12.5. The van der Waals surface area contributed by atoms with E-state index < -0.39 is 5.25 Å². The Bertz CT molecular complexity index is 1060. The monoisotopic (exact) mass is 439 g/mol. The van der Waals surface area contributed by atoms with Gasteiger partial charge in [0.25, 0.3) is 0 Å². The molecule has 0 saturated carbocycles. The number of nitrogens with zero attached hydrogens (tertiary/aromatic N) is 3. The number of rotatable bonds is 8. The Balaban J connectivity index is 1.64. The summed E-state index contributed by atoms with van der Waals surface area (Å²) in [6, 6.07) is 13.8. The molecule has 0 aliphatic carbocycles. The Labute approximate surface area is 187 Å². The van der Waals surface area contributed by atoms with Crippen molar-refractivity contribution in [1.29, 1.82) is 0 Å². The third kappa shape index (κ3) is 5.79. The third-order valence-corrected chi connectivity index (χ3v) is 5.88. The van der Waals surface area contributed by atoms with Crippen molar-refractivity contribution in [1.82, 2.24) is 14.9 Å². The van der Waals surface area contributed by atoms with Gasteiger partial charge in [-0.25, -0.2) is 4.68 Å². The van der Waals surface area contributed by atoms with Crippen molar-refractivity contribution >= 4 is 23.4 Å². The van der Waals surface area contributed by atoms with Gasteiger partial charge in [-0.2, -0.15) is 0 Å². The molecule has 1 amide bonds. The Morgan fingerprint density at radius 1 is 1.13 bits per heavy atom. The second-order valence-electron chi connectivity index (χ2n) is 7.87. The summed E-state index contributed by atoms with van der Waals surface area (Å²) in [5.41, 5.74) is 4.10. The zero-order valence-electron chi connectivity index (χ0n) is 18.5. The van der Waals surface area contributed by atoms with E-state index in [1.807, 2.05) is 51.1 Å². The van der Waals surface area contributed by atoms with E-state index in [0.717, 1.165) is 28.1 Å². The zero-order chi connectivity index (χ0) is 22.5. The van der Waals surface area contributed by atoms with Gasteiger partial charge in [-0.15, -0.1) is 10.2 Å². The third-order valence-electron chi connectivity index (χ3n) is 4.82. The highest BCUT2D eigenvalue weighted by Crippen LogP contribution is 2.28. The number of carbonyl (C=O) groups is 1. The number of benzene rings is 2. The lowest BCUT2D eigenvalue weighted by atomic mass is 10.0. The summed E-state index contributed by atoms with van der Waals surface area (Å²) in [7, 11) is 0.